The van der Waals surface area contributed by atoms with Gasteiger partial charge in [-0.1, -0.05) is 0 Å². The Morgan fingerprint density at radius 3 is 2.58 bits per heavy atom. The number of hydrogen-bond donors (Lipinski definition) is 1. The Labute approximate surface area is 152 Å². The van der Waals surface area contributed by atoms with Crippen molar-refractivity contribution in [2.45, 2.75) is 37.1 Å². The topological polar surface area (TPSA) is 98.9 Å². The Bertz CT molecular complexity index is 1200. The van der Waals surface area contributed by atoms with Crippen LogP contribution in [0.1, 0.15) is 25.6 Å². The van der Waals surface area contributed by atoms with Crippen LogP contribution in [0.4, 0.5) is 4.39 Å². The number of nitrogens with one attached hydrogen (secondary N) is 1. The average Bonchev–Trinajstić information content (AvgIpc) is 3.01. The van der Waals surface area contributed by atoms with Crippen LogP contribution in [0.15, 0.2) is 21.8 Å². The van der Waals surface area contributed by atoms with E-state index in [-0.39, 0.29) is 11.0 Å². The summed E-state index contributed by atoms with van der Waals surface area (Å²) in [4.78, 5) is 16.3. The van der Waals surface area contributed by atoms with E-state index in [4.69, 9.17) is 0 Å². The number of halogens is 1. The molecule has 2 heterocycles. The van der Waals surface area contributed by atoms with Crippen LogP contribution < -0.4 is 10.4 Å². The molecule has 0 saturated heterocycles. The molecule has 2 aromatic heterocycles. The summed E-state index contributed by atoms with van der Waals surface area (Å²) in [5.74, 6) is -0.414. The molecule has 0 bridgehead atoms. The first-order valence-electron chi connectivity index (χ1n) is 7.87. The second-order valence-corrected chi connectivity index (χ2v) is 9.12. The lowest BCUT2D eigenvalue weighted by atomic mass is 10.3. The van der Waals surface area contributed by atoms with Gasteiger partial charge in [0.05, 0.1) is 11.0 Å². The zero-order valence-corrected chi connectivity index (χ0v) is 15.9. The summed E-state index contributed by atoms with van der Waals surface area (Å²) >= 11 is 1.01. The molecule has 1 N–H and O–H groups in total. The second-order valence-electron chi connectivity index (χ2n) is 6.74. The molecule has 0 atom stereocenters. The van der Waals surface area contributed by atoms with Gasteiger partial charge in [0.2, 0.25) is 15.2 Å². The fraction of sp³-hybridized carbons (Fsp3) is 0.400. The van der Waals surface area contributed by atoms with Crippen molar-refractivity contribution in [3.05, 3.63) is 34.3 Å². The highest BCUT2D eigenvalue weighted by molar-refractivity contribution is 7.89. The summed E-state index contributed by atoms with van der Waals surface area (Å²) < 4.78 is 48.9. The molecule has 8 nitrogen and oxygen atoms in total. The molecule has 0 amide bonds. The van der Waals surface area contributed by atoms with E-state index < -0.39 is 32.0 Å². The van der Waals surface area contributed by atoms with Crippen LogP contribution in [0.5, 0.6) is 0 Å². The number of hydrogen-bond acceptors (Lipinski definition) is 6. The van der Waals surface area contributed by atoms with Crippen LogP contribution in [0.25, 0.3) is 16.2 Å². The number of fused-ring (bicyclic) bond motifs is 1. The third kappa shape index (κ3) is 2.66. The van der Waals surface area contributed by atoms with Crippen molar-refractivity contribution < 1.29 is 12.8 Å². The maximum atomic E-state index is 14.6. The van der Waals surface area contributed by atoms with Crippen molar-refractivity contribution in [1.82, 2.24) is 23.2 Å². The Balaban J connectivity index is 1.97. The normalized spacial score (nSPS) is 16.3. The predicted molar refractivity (Wildman–Crippen MR) is 94.6 cm³/mol. The number of sulfonamides is 1. The minimum absolute atomic E-state index is 0.261. The molecule has 4 rings (SSSR count). The van der Waals surface area contributed by atoms with Gasteiger partial charge in [0.15, 0.2) is 0 Å². The average molecular weight is 397 g/mol. The summed E-state index contributed by atoms with van der Waals surface area (Å²) in [5.41, 5.74) is -0.451. The summed E-state index contributed by atoms with van der Waals surface area (Å²) in [6.45, 7) is 3.45. The summed E-state index contributed by atoms with van der Waals surface area (Å²) in [5, 5.41) is 0.301. The smallest absolute Gasteiger partial charge is 0.295 e. The van der Waals surface area contributed by atoms with Crippen molar-refractivity contribution in [2.75, 3.05) is 0 Å². The molecule has 1 fully saturated rings. The lowest BCUT2D eigenvalue weighted by Crippen LogP contribution is -2.34. The molecule has 0 aliphatic heterocycles. The van der Waals surface area contributed by atoms with Gasteiger partial charge in [0, 0.05) is 30.2 Å². The van der Waals surface area contributed by atoms with E-state index in [0.717, 1.165) is 17.6 Å². The zero-order valence-electron chi connectivity index (χ0n) is 14.3. The third-order valence-corrected chi connectivity index (χ3v) is 6.93. The molecule has 11 heteroatoms. The highest BCUT2D eigenvalue weighted by atomic mass is 32.2. The van der Waals surface area contributed by atoms with Crippen molar-refractivity contribution in [2.24, 2.45) is 7.05 Å². The van der Waals surface area contributed by atoms with Gasteiger partial charge >= 0.3 is 5.69 Å². The summed E-state index contributed by atoms with van der Waals surface area (Å²) in [6.07, 6.45) is 1.41. The molecule has 0 unspecified atom stereocenters. The third-order valence-electron chi connectivity index (χ3n) is 4.49. The van der Waals surface area contributed by atoms with Crippen molar-refractivity contribution in [1.29, 1.82) is 0 Å². The van der Waals surface area contributed by atoms with Crippen LogP contribution in [-0.2, 0) is 17.1 Å². The number of nitrogens with zero attached hydrogens (tertiary/aromatic N) is 4. The van der Waals surface area contributed by atoms with E-state index in [0.29, 0.717) is 23.8 Å². The Morgan fingerprint density at radius 2 is 2.00 bits per heavy atom. The van der Waals surface area contributed by atoms with E-state index in [1.54, 1.807) is 13.8 Å². The van der Waals surface area contributed by atoms with Gasteiger partial charge in [-0.15, -0.1) is 0 Å². The van der Waals surface area contributed by atoms with Crippen molar-refractivity contribution in [3.63, 3.8) is 0 Å². The largest absolute Gasteiger partial charge is 0.335 e. The van der Waals surface area contributed by atoms with Gasteiger partial charge in [-0.05, 0) is 32.8 Å². The Morgan fingerprint density at radius 1 is 1.31 bits per heavy atom. The number of imidazole rings is 1. The molecule has 1 saturated carbocycles. The molecule has 0 radical (unpaired) electrons. The fourth-order valence-corrected chi connectivity index (χ4v) is 5.00. The molecule has 1 aromatic carbocycles. The second kappa shape index (κ2) is 5.44. The SMILES string of the molecule is Cc1nsc(-n2c(=O)n(C)c3cc(F)c(S(=O)(=O)NC4(C)CC4)cc32)n1. The number of aromatic nitrogens is 4. The van der Waals surface area contributed by atoms with Crippen LogP contribution in [0, 0.1) is 12.7 Å². The molecular formula is C15H16FN5O3S2. The summed E-state index contributed by atoms with van der Waals surface area (Å²) in [7, 11) is -2.56. The highest BCUT2D eigenvalue weighted by Crippen LogP contribution is 2.36. The van der Waals surface area contributed by atoms with E-state index in [2.05, 4.69) is 14.1 Å². The Hall–Kier alpha value is -2.11. The van der Waals surface area contributed by atoms with Gasteiger partial charge in [-0.25, -0.2) is 31.9 Å². The molecular weight excluding hydrogens is 381 g/mol. The lowest BCUT2D eigenvalue weighted by Gasteiger charge is -2.13. The predicted octanol–water partition coefficient (Wildman–Crippen LogP) is 1.46. The molecule has 1 aliphatic carbocycles. The first kappa shape index (κ1) is 17.3. The maximum absolute atomic E-state index is 14.6. The summed E-state index contributed by atoms with van der Waals surface area (Å²) in [6, 6.07) is 2.24. The zero-order chi connectivity index (χ0) is 18.9. The van der Waals surface area contributed by atoms with Gasteiger partial charge in [0.25, 0.3) is 0 Å². The van der Waals surface area contributed by atoms with E-state index >= 15 is 0 Å². The maximum Gasteiger partial charge on any atom is 0.335 e. The molecule has 3 aromatic rings. The minimum Gasteiger partial charge on any atom is -0.295 e. The fourth-order valence-electron chi connectivity index (χ4n) is 2.77. The van der Waals surface area contributed by atoms with E-state index in [1.165, 1.54) is 22.2 Å². The van der Waals surface area contributed by atoms with Gasteiger partial charge in [0.1, 0.15) is 16.5 Å². The molecule has 26 heavy (non-hydrogen) atoms. The van der Waals surface area contributed by atoms with E-state index in [1.807, 2.05) is 0 Å². The lowest BCUT2D eigenvalue weighted by molar-refractivity contribution is 0.541. The molecule has 0 spiro atoms. The first-order valence-corrected chi connectivity index (χ1v) is 10.1. The first-order chi connectivity index (χ1) is 12.1. The van der Waals surface area contributed by atoms with Crippen molar-refractivity contribution in [3.8, 4) is 5.13 Å². The highest BCUT2D eigenvalue weighted by Gasteiger charge is 2.42. The van der Waals surface area contributed by atoms with Crippen LogP contribution >= 0.6 is 11.5 Å². The van der Waals surface area contributed by atoms with Gasteiger partial charge in [-0.3, -0.25) is 4.57 Å². The monoisotopic (exact) mass is 397 g/mol. The molecule has 1 aliphatic rings. The minimum atomic E-state index is -4.06. The number of rotatable bonds is 4. The van der Waals surface area contributed by atoms with Crippen LogP contribution in [-0.4, -0.2) is 32.4 Å². The quantitative estimate of drug-likeness (QED) is 0.719. The van der Waals surface area contributed by atoms with Crippen LogP contribution in [0.2, 0.25) is 0 Å². The van der Waals surface area contributed by atoms with E-state index in [9.17, 15) is 17.6 Å². The Kier molecular flexibility index (Phi) is 3.62. The molecule has 138 valence electrons. The van der Waals surface area contributed by atoms with Gasteiger partial charge in [-0.2, -0.15) is 4.37 Å². The number of aryl methyl sites for hydroxylation is 2. The number of benzene rings is 1. The van der Waals surface area contributed by atoms with Crippen molar-refractivity contribution >= 4 is 32.6 Å². The standard InChI is InChI=1S/C15H16FN5O3S2/c1-8-17-13(25-18-8)21-11-7-12(26(23,24)19-15(2)4-5-15)9(16)6-10(11)20(3)14(21)22/h6-7,19H,4-5H2,1-3H3. The van der Waals surface area contributed by atoms with Gasteiger partial charge < -0.3 is 0 Å². The van der Waals surface area contributed by atoms with Crippen LogP contribution in [0.3, 0.4) is 0 Å².